The van der Waals surface area contributed by atoms with Gasteiger partial charge in [0.05, 0.1) is 5.56 Å². The summed E-state index contributed by atoms with van der Waals surface area (Å²) in [5, 5.41) is 2.79. The minimum Gasteiger partial charge on any atom is -0.449 e. The zero-order valence-corrected chi connectivity index (χ0v) is 16.5. The van der Waals surface area contributed by atoms with Gasteiger partial charge in [0, 0.05) is 5.69 Å². The summed E-state index contributed by atoms with van der Waals surface area (Å²) in [6, 6.07) is 9.93. The van der Waals surface area contributed by atoms with E-state index in [4.69, 9.17) is 4.74 Å². The maximum atomic E-state index is 12.5. The van der Waals surface area contributed by atoms with Gasteiger partial charge in [0.15, 0.2) is 6.10 Å². The first kappa shape index (κ1) is 22.3. The van der Waals surface area contributed by atoms with Crippen molar-refractivity contribution < 1.29 is 32.2 Å². The number of hydrogen-bond donors (Lipinski definition) is 1. The van der Waals surface area contributed by atoms with E-state index in [1.54, 1.807) is 0 Å². The summed E-state index contributed by atoms with van der Waals surface area (Å²) in [6.45, 7) is 7.28. The Morgan fingerprint density at radius 2 is 1.62 bits per heavy atom. The molecule has 29 heavy (non-hydrogen) atoms. The molecule has 1 N–H and O–H groups in total. The molecule has 2 aromatic rings. The fourth-order valence-electron chi connectivity index (χ4n) is 2.64. The number of ether oxygens (including phenoxy) is 2. The molecule has 0 fully saturated rings. The highest BCUT2D eigenvalue weighted by Gasteiger charge is 2.31. The molecule has 0 bridgehead atoms. The molecule has 5 nitrogen and oxygen atoms in total. The van der Waals surface area contributed by atoms with Gasteiger partial charge in [0.1, 0.15) is 5.75 Å². The molecule has 0 saturated heterocycles. The molecule has 2 aromatic carbocycles. The Labute approximate surface area is 166 Å². The predicted molar refractivity (Wildman–Crippen MR) is 102 cm³/mol. The van der Waals surface area contributed by atoms with E-state index in [0.29, 0.717) is 5.69 Å². The van der Waals surface area contributed by atoms with Crippen molar-refractivity contribution in [1.29, 1.82) is 0 Å². The molecule has 0 saturated carbocycles. The molecule has 0 heterocycles. The molecule has 0 radical (unpaired) electrons. The van der Waals surface area contributed by atoms with Gasteiger partial charge in [-0.15, -0.1) is 13.2 Å². The highest BCUT2D eigenvalue weighted by molar-refractivity contribution is 5.98. The minimum atomic E-state index is -4.82. The number of aryl methyl sites for hydroxylation is 1. The predicted octanol–water partition coefficient (Wildman–Crippen LogP) is 5.20. The van der Waals surface area contributed by atoms with Crippen molar-refractivity contribution in [2.45, 2.75) is 46.1 Å². The molecule has 1 amide bonds. The Balaban J connectivity index is 2.04. The molecule has 156 valence electrons. The van der Waals surface area contributed by atoms with Gasteiger partial charge in [0.2, 0.25) is 0 Å². The minimum absolute atomic E-state index is 0.00191. The number of para-hydroxylation sites is 1. The summed E-state index contributed by atoms with van der Waals surface area (Å²) in [7, 11) is 0. The molecule has 8 heteroatoms. The van der Waals surface area contributed by atoms with Crippen molar-refractivity contribution in [3.05, 3.63) is 59.2 Å². The van der Waals surface area contributed by atoms with Crippen LogP contribution in [0.15, 0.2) is 42.5 Å². The number of carbonyl (C=O) groups excluding carboxylic acids is 2. The molecule has 0 unspecified atom stereocenters. The summed E-state index contributed by atoms with van der Waals surface area (Å²) in [6.07, 6.45) is -5.92. The van der Waals surface area contributed by atoms with Crippen molar-refractivity contribution in [3.63, 3.8) is 0 Å². The first-order valence-corrected chi connectivity index (χ1v) is 8.95. The Hall–Kier alpha value is -3.03. The SMILES string of the molecule is Cc1cccc(C(C)C)c1NC(=O)[C@H](C)OC(=O)c1ccc(OC(F)(F)F)cc1. The van der Waals surface area contributed by atoms with Crippen molar-refractivity contribution in [1.82, 2.24) is 0 Å². The van der Waals surface area contributed by atoms with Crippen LogP contribution >= 0.6 is 0 Å². The third kappa shape index (κ3) is 6.23. The van der Waals surface area contributed by atoms with Crippen molar-refractivity contribution in [2.24, 2.45) is 0 Å². The highest BCUT2D eigenvalue weighted by atomic mass is 19.4. The van der Waals surface area contributed by atoms with Crippen molar-refractivity contribution in [2.75, 3.05) is 5.32 Å². The number of amides is 1. The van der Waals surface area contributed by atoms with Gasteiger partial charge in [0.25, 0.3) is 5.91 Å². The van der Waals surface area contributed by atoms with Gasteiger partial charge in [-0.05, 0) is 55.2 Å². The summed E-state index contributed by atoms with van der Waals surface area (Å²) in [5.41, 5.74) is 2.50. The van der Waals surface area contributed by atoms with E-state index in [0.717, 1.165) is 35.4 Å². The Kier molecular flexibility index (Phi) is 6.89. The van der Waals surface area contributed by atoms with Gasteiger partial charge >= 0.3 is 12.3 Å². The lowest BCUT2D eigenvalue weighted by Crippen LogP contribution is -2.30. The van der Waals surface area contributed by atoms with Crippen LogP contribution in [0.25, 0.3) is 0 Å². The number of anilines is 1. The Bertz CT molecular complexity index is 876. The van der Waals surface area contributed by atoms with Crippen LogP contribution in [0.2, 0.25) is 0 Å². The number of halogens is 3. The van der Waals surface area contributed by atoms with Crippen LogP contribution in [0, 0.1) is 6.92 Å². The van der Waals surface area contributed by atoms with E-state index in [1.165, 1.54) is 6.92 Å². The second kappa shape index (κ2) is 8.98. The monoisotopic (exact) mass is 409 g/mol. The molecule has 2 rings (SSSR count). The van der Waals surface area contributed by atoms with Gasteiger partial charge in [-0.3, -0.25) is 4.79 Å². The highest BCUT2D eigenvalue weighted by Crippen LogP contribution is 2.28. The fourth-order valence-corrected chi connectivity index (χ4v) is 2.64. The second-order valence-corrected chi connectivity index (χ2v) is 6.80. The number of nitrogens with one attached hydrogen (secondary N) is 1. The molecule has 0 aliphatic carbocycles. The van der Waals surface area contributed by atoms with Crippen LogP contribution in [0.3, 0.4) is 0 Å². The van der Waals surface area contributed by atoms with Crippen LogP contribution in [-0.4, -0.2) is 24.3 Å². The first-order chi connectivity index (χ1) is 13.5. The second-order valence-electron chi connectivity index (χ2n) is 6.80. The lowest BCUT2D eigenvalue weighted by molar-refractivity contribution is -0.274. The van der Waals surface area contributed by atoms with Crippen LogP contribution in [0.5, 0.6) is 5.75 Å². The topological polar surface area (TPSA) is 64.6 Å². The van der Waals surface area contributed by atoms with E-state index >= 15 is 0 Å². The van der Waals surface area contributed by atoms with Crippen molar-refractivity contribution in [3.8, 4) is 5.75 Å². The Morgan fingerprint density at radius 1 is 1.00 bits per heavy atom. The third-order valence-electron chi connectivity index (χ3n) is 4.15. The Morgan fingerprint density at radius 3 is 2.17 bits per heavy atom. The molecule has 1 atom stereocenters. The standard InChI is InChI=1S/C21H22F3NO4/c1-12(2)17-7-5-6-13(3)18(17)25-19(26)14(4)28-20(27)15-8-10-16(11-9-15)29-21(22,23)24/h5-12,14H,1-4H3,(H,25,26)/t14-/m0/s1. The van der Waals surface area contributed by atoms with E-state index in [1.807, 2.05) is 39.0 Å². The van der Waals surface area contributed by atoms with Gasteiger partial charge in [-0.1, -0.05) is 32.0 Å². The summed E-state index contributed by atoms with van der Waals surface area (Å²) < 4.78 is 45.5. The zero-order chi connectivity index (χ0) is 21.8. The van der Waals surface area contributed by atoms with Crippen LogP contribution in [-0.2, 0) is 9.53 Å². The van der Waals surface area contributed by atoms with E-state index in [2.05, 4.69) is 10.1 Å². The average Bonchev–Trinajstić information content (AvgIpc) is 2.62. The number of esters is 1. The quantitative estimate of drug-likeness (QED) is 0.666. The molecular formula is C21H22F3NO4. The van der Waals surface area contributed by atoms with E-state index in [-0.39, 0.29) is 11.5 Å². The number of rotatable bonds is 6. The molecule has 0 spiro atoms. The normalized spacial score (nSPS) is 12.4. The smallest absolute Gasteiger partial charge is 0.449 e. The van der Waals surface area contributed by atoms with Gasteiger partial charge in [-0.2, -0.15) is 0 Å². The lowest BCUT2D eigenvalue weighted by atomic mass is 9.98. The molecule has 0 aliphatic heterocycles. The summed E-state index contributed by atoms with van der Waals surface area (Å²) >= 11 is 0. The van der Waals surface area contributed by atoms with Crippen LogP contribution in [0.4, 0.5) is 18.9 Å². The number of benzene rings is 2. The van der Waals surface area contributed by atoms with Crippen LogP contribution in [0.1, 0.15) is 48.2 Å². The maximum Gasteiger partial charge on any atom is 0.573 e. The number of hydrogen-bond acceptors (Lipinski definition) is 4. The zero-order valence-electron chi connectivity index (χ0n) is 16.5. The third-order valence-corrected chi connectivity index (χ3v) is 4.15. The first-order valence-electron chi connectivity index (χ1n) is 8.95. The van der Waals surface area contributed by atoms with Crippen molar-refractivity contribution >= 4 is 17.6 Å². The van der Waals surface area contributed by atoms with Gasteiger partial charge < -0.3 is 14.8 Å². The molecule has 0 aromatic heterocycles. The van der Waals surface area contributed by atoms with E-state index < -0.39 is 30.1 Å². The number of alkyl halides is 3. The maximum absolute atomic E-state index is 12.5. The average molecular weight is 409 g/mol. The molecular weight excluding hydrogens is 387 g/mol. The van der Waals surface area contributed by atoms with Gasteiger partial charge in [-0.25, -0.2) is 4.79 Å². The largest absolute Gasteiger partial charge is 0.573 e. The summed E-state index contributed by atoms with van der Waals surface area (Å²) in [5.74, 6) is -1.62. The van der Waals surface area contributed by atoms with E-state index in [9.17, 15) is 22.8 Å². The lowest BCUT2D eigenvalue weighted by Gasteiger charge is -2.19. The molecule has 0 aliphatic rings. The number of carbonyl (C=O) groups is 2. The fraction of sp³-hybridized carbons (Fsp3) is 0.333. The summed E-state index contributed by atoms with van der Waals surface area (Å²) in [4.78, 5) is 24.7. The van der Waals surface area contributed by atoms with Crippen LogP contribution < -0.4 is 10.1 Å².